The summed E-state index contributed by atoms with van der Waals surface area (Å²) in [6.45, 7) is 3.89. The minimum Gasteiger partial charge on any atom is -0.383 e. The van der Waals surface area contributed by atoms with E-state index in [0.29, 0.717) is 12.8 Å². The molecule has 1 saturated carbocycles. The summed E-state index contributed by atoms with van der Waals surface area (Å²) in [6.07, 6.45) is 4.86. The number of amides is 1. The first-order valence-electron chi connectivity index (χ1n) is 6.82. The minimum absolute atomic E-state index is 0.0325. The van der Waals surface area contributed by atoms with Crippen molar-refractivity contribution >= 4 is 5.91 Å². The van der Waals surface area contributed by atoms with Gasteiger partial charge >= 0.3 is 0 Å². The molecular weight excluding hydrogens is 238 g/mol. The maximum atomic E-state index is 11.7. The first-order chi connectivity index (χ1) is 9.16. The largest absolute Gasteiger partial charge is 0.383 e. The van der Waals surface area contributed by atoms with Crippen molar-refractivity contribution in [1.82, 2.24) is 5.32 Å². The van der Waals surface area contributed by atoms with Crippen molar-refractivity contribution in [2.45, 2.75) is 31.3 Å². The number of aliphatic hydroxyl groups is 1. The number of rotatable bonds is 7. The molecule has 1 fully saturated rings. The van der Waals surface area contributed by atoms with Crippen LogP contribution in [0.2, 0.25) is 0 Å². The topological polar surface area (TPSA) is 49.3 Å². The first kappa shape index (κ1) is 13.8. The number of hydrogen-bond acceptors (Lipinski definition) is 2. The van der Waals surface area contributed by atoms with Gasteiger partial charge < -0.3 is 10.4 Å². The Morgan fingerprint density at radius 1 is 1.42 bits per heavy atom. The van der Waals surface area contributed by atoms with Gasteiger partial charge in [-0.2, -0.15) is 0 Å². The van der Waals surface area contributed by atoms with E-state index >= 15 is 0 Å². The lowest BCUT2D eigenvalue weighted by molar-refractivity contribution is -0.122. The second-order valence-electron chi connectivity index (χ2n) is 5.17. The number of benzene rings is 1. The summed E-state index contributed by atoms with van der Waals surface area (Å²) in [7, 11) is 0. The molecule has 3 nitrogen and oxygen atoms in total. The Balaban J connectivity index is 2.00. The zero-order valence-electron chi connectivity index (χ0n) is 11.1. The molecule has 2 N–H and O–H groups in total. The van der Waals surface area contributed by atoms with E-state index in [2.05, 4.69) is 11.9 Å². The van der Waals surface area contributed by atoms with Crippen LogP contribution in [0.4, 0.5) is 0 Å². The molecule has 1 aliphatic rings. The lowest BCUT2D eigenvalue weighted by Gasteiger charge is -2.29. The van der Waals surface area contributed by atoms with Crippen molar-refractivity contribution in [2.75, 3.05) is 6.54 Å². The van der Waals surface area contributed by atoms with Crippen LogP contribution in [0, 0.1) is 5.92 Å². The van der Waals surface area contributed by atoms with Crippen molar-refractivity contribution in [2.24, 2.45) is 5.92 Å². The fourth-order valence-electron chi connectivity index (χ4n) is 2.32. The van der Waals surface area contributed by atoms with Crippen molar-refractivity contribution in [3.63, 3.8) is 0 Å². The molecular formula is C16H21NO2. The molecule has 0 bridgehead atoms. The highest BCUT2D eigenvalue weighted by atomic mass is 16.3. The quantitative estimate of drug-likeness (QED) is 0.739. The summed E-state index contributed by atoms with van der Waals surface area (Å²) in [5.74, 6) is 0.226. The highest BCUT2D eigenvalue weighted by Gasteiger charge is 2.45. The van der Waals surface area contributed by atoms with E-state index in [9.17, 15) is 9.90 Å². The van der Waals surface area contributed by atoms with Crippen LogP contribution >= 0.6 is 0 Å². The van der Waals surface area contributed by atoms with E-state index in [1.807, 2.05) is 30.3 Å². The maximum Gasteiger partial charge on any atom is 0.220 e. The van der Waals surface area contributed by atoms with Crippen LogP contribution in [-0.2, 0) is 10.4 Å². The zero-order valence-corrected chi connectivity index (χ0v) is 11.1. The Hall–Kier alpha value is -1.61. The second kappa shape index (κ2) is 6.02. The van der Waals surface area contributed by atoms with Crippen LogP contribution in [-0.4, -0.2) is 17.6 Å². The van der Waals surface area contributed by atoms with Crippen molar-refractivity contribution in [3.05, 3.63) is 48.6 Å². The molecule has 102 valence electrons. The number of allylic oxidation sites excluding steroid dienone is 1. The lowest BCUT2D eigenvalue weighted by atomic mass is 9.88. The molecule has 1 aromatic carbocycles. The monoisotopic (exact) mass is 259 g/mol. The average molecular weight is 259 g/mol. The second-order valence-corrected chi connectivity index (χ2v) is 5.17. The standard InChI is InChI=1S/C16H21NO2/c1-2-3-9-15(18)17-12-16(19,14-10-11-14)13-7-5-4-6-8-13/h2,4-8,14,19H,1,3,9-12H2,(H,17,18)/t16-/m1/s1. The predicted molar refractivity (Wildman–Crippen MR) is 75.5 cm³/mol. The van der Waals surface area contributed by atoms with Crippen LogP contribution in [0.25, 0.3) is 0 Å². The highest BCUT2D eigenvalue weighted by molar-refractivity contribution is 5.76. The Kier molecular flexibility index (Phi) is 4.38. The summed E-state index contributed by atoms with van der Waals surface area (Å²) in [5, 5.41) is 13.7. The fourth-order valence-corrected chi connectivity index (χ4v) is 2.32. The Morgan fingerprint density at radius 3 is 2.68 bits per heavy atom. The summed E-state index contributed by atoms with van der Waals surface area (Å²) in [4.78, 5) is 11.7. The van der Waals surface area contributed by atoms with Gasteiger partial charge in [-0.05, 0) is 30.7 Å². The Morgan fingerprint density at radius 2 is 2.11 bits per heavy atom. The van der Waals surface area contributed by atoms with Crippen molar-refractivity contribution in [1.29, 1.82) is 0 Å². The molecule has 0 radical (unpaired) electrons. The van der Waals surface area contributed by atoms with Crippen LogP contribution in [0.5, 0.6) is 0 Å². The van der Waals surface area contributed by atoms with Gasteiger partial charge in [0, 0.05) is 6.42 Å². The molecule has 0 aliphatic heterocycles. The third-order valence-corrected chi connectivity index (χ3v) is 3.66. The van der Waals surface area contributed by atoms with Crippen molar-refractivity contribution in [3.8, 4) is 0 Å². The van der Waals surface area contributed by atoms with Gasteiger partial charge in [0.25, 0.3) is 0 Å². The summed E-state index contributed by atoms with van der Waals surface area (Å²) >= 11 is 0. The van der Waals surface area contributed by atoms with Gasteiger partial charge in [0.2, 0.25) is 5.91 Å². The summed E-state index contributed by atoms with van der Waals surface area (Å²) in [5.41, 5.74) is -0.0352. The van der Waals surface area contributed by atoms with Gasteiger partial charge in [0.15, 0.2) is 0 Å². The van der Waals surface area contributed by atoms with Gasteiger partial charge in [-0.15, -0.1) is 6.58 Å². The third-order valence-electron chi connectivity index (χ3n) is 3.66. The smallest absolute Gasteiger partial charge is 0.220 e. The Bertz CT molecular complexity index is 439. The number of nitrogens with one attached hydrogen (secondary N) is 1. The predicted octanol–water partition coefficient (Wildman–Crippen LogP) is 2.37. The van der Waals surface area contributed by atoms with E-state index < -0.39 is 5.60 Å². The molecule has 1 atom stereocenters. The van der Waals surface area contributed by atoms with E-state index in [-0.39, 0.29) is 18.4 Å². The average Bonchev–Trinajstić information content (AvgIpc) is 3.28. The molecule has 0 aromatic heterocycles. The molecule has 1 aliphatic carbocycles. The Labute approximate surface area is 114 Å². The van der Waals surface area contributed by atoms with Gasteiger partial charge in [-0.1, -0.05) is 36.4 Å². The van der Waals surface area contributed by atoms with E-state index in [1.54, 1.807) is 6.08 Å². The lowest BCUT2D eigenvalue weighted by Crippen LogP contribution is -2.42. The van der Waals surface area contributed by atoms with Crippen LogP contribution in [0.1, 0.15) is 31.2 Å². The zero-order chi connectivity index (χ0) is 13.7. The minimum atomic E-state index is -0.925. The molecule has 0 saturated heterocycles. The molecule has 1 aromatic rings. The molecule has 19 heavy (non-hydrogen) atoms. The molecule has 1 amide bonds. The summed E-state index contributed by atoms with van der Waals surface area (Å²) in [6, 6.07) is 9.62. The van der Waals surface area contributed by atoms with Gasteiger partial charge in [0.1, 0.15) is 5.60 Å². The molecule has 0 unspecified atom stereocenters. The van der Waals surface area contributed by atoms with Crippen LogP contribution in [0.3, 0.4) is 0 Å². The number of carbonyl (C=O) groups excluding carboxylic acids is 1. The SMILES string of the molecule is C=CCCC(=O)NC[C@@](O)(c1ccccc1)C1CC1. The van der Waals surface area contributed by atoms with E-state index in [4.69, 9.17) is 0 Å². The molecule has 3 heteroatoms. The van der Waals surface area contributed by atoms with Crippen LogP contribution < -0.4 is 5.32 Å². The molecule has 0 spiro atoms. The van der Waals surface area contributed by atoms with Gasteiger partial charge in [-0.25, -0.2) is 0 Å². The van der Waals surface area contributed by atoms with E-state index in [1.165, 1.54) is 0 Å². The van der Waals surface area contributed by atoms with Crippen molar-refractivity contribution < 1.29 is 9.90 Å². The normalized spacial score (nSPS) is 17.5. The number of hydrogen-bond donors (Lipinski definition) is 2. The summed E-state index contributed by atoms with van der Waals surface area (Å²) < 4.78 is 0. The first-order valence-corrected chi connectivity index (χ1v) is 6.82. The fraction of sp³-hybridized carbons (Fsp3) is 0.438. The maximum absolute atomic E-state index is 11.7. The molecule has 2 rings (SSSR count). The van der Waals surface area contributed by atoms with Crippen LogP contribution in [0.15, 0.2) is 43.0 Å². The highest BCUT2D eigenvalue weighted by Crippen LogP contribution is 2.45. The van der Waals surface area contributed by atoms with Gasteiger partial charge in [0.05, 0.1) is 6.54 Å². The van der Waals surface area contributed by atoms with E-state index in [0.717, 1.165) is 18.4 Å². The molecule has 0 heterocycles. The third kappa shape index (κ3) is 3.44. The van der Waals surface area contributed by atoms with Gasteiger partial charge in [-0.3, -0.25) is 4.79 Å². The number of carbonyl (C=O) groups is 1.